The summed E-state index contributed by atoms with van der Waals surface area (Å²) in [5, 5.41) is 4.92. The molecule has 1 amide bonds. The lowest BCUT2D eigenvalue weighted by Gasteiger charge is -2.15. The van der Waals surface area contributed by atoms with Crippen molar-refractivity contribution < 1.29 is 14.3 Å². The molecule has 0 atom stereocenters. The molecule has 2 aromatic carbocycles. The third-order valence-corrected chi connectivity index (χ3v) is 4.96. The standard InChI is InChI=1S/C22H25N3O3S/c1-25(2)12-18-7-5-4-6-17(18)11-23-22(26)16-8-9-20(21(10-16)27-3)28-13-19-14-29-15-24-19/h4-10,14-15H,11-13H2,1-3H3,(H,23,26). The number of carbonyl (C=O) groups is 1. The van der Waals surface area contributed by atoms with Gasteiger partial charge in [-0.1, -0.05) is 24.3 Å². The van der Waals surface area contributed by atoms with Gasteiger partial charge in [-0.05, 0) is 43.4 Å². The average molecular weight is 412 g/mol. The van der Waals surface area contributed by atoms with Gasteiger partial charge >= 0.3 is 0 Å². The first-order valence-corrected chi connectivity index (χ1v) is 10.2. The highest BCUT2D eigenvalue weighted by Crippen LogP contribution is 2.29. The molecule has 1 heterocycles. The highest BCUT2D eigenvalue weighted by Gasteiger charge is 2.12. The number of hydrogen-bond acceptors (Lipinski definition) is 6. The van der Waals surface area contributed by atoms with Crippen molar-refractivity contribution in [1.82, 2.24) is 15.2 Å². The molecule has 0 spiro atoms. The molecular weight excluding hydrogens is 386 g/mol. The van der Waals surface area contributed by atoms with Crippen LogP contribution in [0.5, 0.6) is 11.5 Å². The van der Waals surface area contributed by atoms with Gasteiger partial charge < -0.3 is 19.7 Å². The summed E-state index contributed by atoms with van der Waals surface area (Å²) in [7, 11) is 5.61. The van der Waals surface area contributed by atoms with E-state index in [0.717, 1.165) is 17.8 Å². The first kappa shape index (κ1) is 20.8. The number of amides is 1. The molecule has 0 bridgehead atoms. The maximum atomic E-state index is 12.6. The Kier molecular flexibility index (Phi) is 7.21. The van der Waals surface area contributed by atoms with Crippen molar-refractivity contribution in [3.63, 3.8) is 0 Å². The zero-order valence-electron chi connectivity index (χ0n) is 16.8. The Hall–Kier alpha value is -2.90. The summed E-state index contributed by atoms with van der Waals surface area (Å²) in [6, 6.07) is 13.3. The normalized spacial score (nSPS) is 10.8. The Morgan fingerprint density at radius 1 is 1.14 bits per heavy atom. The van der Waals surface area contributed by atoms with Crippen molar-refractivity contribution in [2.45, 2.75) is 19.7 Å². The quantitative estimate of drug-likeness (QED) is 0.581. The Balaban J connectivity index is 1.65. The van der Waals surface area contributed by atoms with E-state index in [-0.39, 0.29) is 5.91 Å². The van der Waals surface area contributed by atoms with Crippen molar-refractivity contribution in [2.24, 2.45) is 0 Å². The minimum Gasteiger partial charge on any atom is -0.493 e. The highest BCUT2D eigenvalue weighted by molar-refractivity contribution is 7.07. The summed E-state index contributed by atoms with van der Waals surface area (Å²) in [6.45, 7) is 1.65. The summed E-state index contributed by atoms with van der Waals surface area (Å²) in [6.07, 6.45) is 0. The maximum Gasteiger partial charge on any atom is 0.251 e. The fourth-order valence-corrected chi connectivity index (χ4v) is 3.43. The molecule has 3 aromatic rings. The van der Waals surface area contributed by atoms with Gasteiger partial charge in [0, 0.05) is 24.0 Å². The lowest BCUT2D eigenvalue weighted by Crippen LogP contribution is -2.24. The average Bonchev–Trinajstić information content (AvgIpc) is 3.24. The van der Waals surface area contributed by atoms with Crippen LogP contribution in [0.1, 0.15) is 27.2 Å². The number of rotatable bonds is 9. The SMILES string of the molecule is COc1cc(C(=O)NCc2ccccc2CN(C)C)ccc1OCc1cscn1. The second-order valence-corrected chi connectivity index (χ2v) is 7.54. The molecule has 0 unspecified atom stereocenters. The minimum absolute atomic E-state index is 0.158. The molecule has 1 aromatic heterocycles. The van der Waals surface area contributed by atoms with Gasteiger partial charge in [0.15, 0.2) is 11.5 Å². The lowest BCUT2D eigenvalue weighted by molar-refractivity contribution is 0.0950. The van der Waals surface area contributed by atoms with Crippen molar-refractivity contribution >= 4 is 17.2 Å². The van der Waals surface area contributed by atoms with Crippen LogP contribution in [-0.4, -0.2) is 37.0 Å². The Bertz CT molecular complexity index is 942. The van der Waals surface area contributed by atoms with Crippen LogP contribution in [0, 0.1) is 0 Å². The van der Waals surface area contributed by atoms with Crippen LogP contribution in [0.3, 0.4) is 0 Å². The van der Waals surface area contributed by atoms with E-state index >= 15 is 0 Å². The van der Waals surface area contributed by atoms with Crippen molar-refractivity contribution in [3.05, 3.63) is 75.7 Å². The summed E-state index contributed by atoms with van der Waals surface area (Å²) in [4.78, 5) is 19.0. The van der Waals surface area contributed by atoms with E-state index in [1.54, 1.807) is 30.8 Å². The van der Waals surface area contributed by atoms with Gasteiger partial charge in [-0.15, -0.1) is 11.3 Å². The van der Waals surface area contributed by atoms with E-state index < -0.39 is 0 Å². The van der Waals surface area contributed by atoms with Crippen LogP contribution in [-0.2, 0) is 19.7 Å². The van der Waals surface area contributed by atoms with Gasteiger partial charge in [0.2, 0.25) is 0 Å². The molecule has 6 nitrogen and oxygen atoms in total. The summed E-state index contributed by atoms with van der Waals surface area (Å²) in [5.41, 5.74) is 5.44. The molecular formula is C22H25N3O3S. The number of thiazole rings is 1. The molecule has 3 rings (SSSR count). The number of nitrogens with zero attached hydrogens (tertiary/aromatic N) is 2. The molecule has 0 radical (unpaired) electrons. The van der Waals surface area contributed by atoms with Crippen LogP contribution in [0.25, 0.3) is 0 Å². The van der Waals surface area contributed by atoms with Crippen LogP contribution >= 0.6 is 11.3 Å². The number of carbonyl (C=O) groups excluding carboxylic acids is 1. The maximum absolute atomic E-state index is 12.6. The Morgan fingerprint density at radius 2 is 1.93 bits per heavy atom. The third-order valence-electron chi connectivity index (χ3n) is 4.33. The smallest absolute Gasteiger partial charge is 0.251 e. The second-order valence-electron chi connectivity index (χ2n) is 6.82. The summed E-state index contributed by atoms with van der Waals surface area (Å²) in [5.74, 6) is 0.934. The number of aromatic nitrogens is 1. The van der Waals surface area contributed by atoms with Gasteiger partial charge in [-0.3, -0.25) is 4.79 Å². The van der Waals surface area contributed by atoms with Gasteiger partial charge in [-0.25, -0.2) is 4.98 Å². The topological polar surface area (TPSA) is 63.7 Å². The van der Waals surface area contributed by atoms with Crippen molar-refractivity contribution in [1.29, 1.82) is 0 Å². The van der Waals surface area contributed by atoms with Crippen molar-refractivity contribution in [3.8, 4) is 11.5 Å². The van der Waals surface area contributed by atoms with E-state index in [2.05, 4.69) is 21.3 Å². The first-order chi connectivity index (χ1) is 14.1. The van der Waals surface area contributed by atoms with Crippen LogP contribution in [0.15, 0.2) is 53.4 Å². The fourth-order valence-electron chi connectivity index (χ4n) is 2.89. The van der Waals surface area contributed by atoms with Gasteiger partial charge in [0.1, 0.15) is 6.61 Å². The van der Waals surface area contributed by atoms with E-state index in [0.29, 0.717) is 30.2 Å². The zero-order valence-corrected chi connectivity index (χ0v) is 17.7. The fraction of sp³-hybridized carbons (Fsp3) is 0.273. The molecule has 29 heavy (non-hydrogen) atoms. The van der Waals surface area contributed by atoms with E-state index in [9.17, 15) is 4.79 Å². The molecule has 1 N–H and O–H groups in total. The number of methoxy groups -OCH3 is 1. The largest absolute Gasteiger partial charge is 0.493 e. The minimum atomic E-state index is -0.158. The molecule has 0 aliphatic heterocycles. The molecule has 0 fully saturated rings. The van der Waals surface area contributed by atoms with E-state index in [4.69, 9.17) is 9.47 Å². The second kappa shape index (κ2) is 10.0. The summed E-state index contributed by atoms with van der Waals surface area (Å²) < 4.78 is 11.2. The third kappa shape index (κ3) is 5.79. The van der Waals surface area contributed by atoms with Crippen LogP contribution in [0.2, 0.25) is 0 Å². The highest BCUT2D eigenvalue weighted by atomic mass is 32.1. The Morgan fingerprint density at radius 3 is 2.62 bits per heavy atom. The molecule has 7 heteroatoms. The van der Waals surface area contributed by atoms with Crippen LogP contribution < -0.4 is 14.8 Å². The number of hydrogen-bond donors (Lipinski definition) is 1. The van der Waals surface area contributed by atoms with E-state index in [1.807, 2.05) is 37.7 Å². The van der Waals surface area contributed by atoms with E-state index in [1.165, 1.54) is 16.9 Å². The molecule has 0 saturated carbocycles. The molecule has 0 aliphatic rings. The monoisotopic (exact) mass is 411 g/mol. The molecule has 152 valence electrons. The van der Waals surface area contributed by atoms with Crippen LogP contribution in [0.4, 0.5) is 0 Å². The van der Waals surface area contributed by atoms with Gasteiger partial charge in [0.05, 0.1) is 18.3 Å². The predicted molar refractivity (Wildman–Crippen MR) is 114 cm³/mol. The zero-order chi connectivity index (χ0) is 20.6. The number of ether oxygens (including phenoxy) is 2. The molecule has 0 aliphatic carbocycles. The van der Waals surface area contributed by atoms with Gasteiger partial charge in [-0.2, -0.15) is 0 Å². The molecule has 0 saturated heterocycles. The first-order valence-electron chi connectivity index (χ1n) is 9.24. The predicted octanol–water partition coefficient (Wildman–Crippen LogP) is 3.72. The van der Waals surface area contributed by atoms with Gasteiger partial charge in [0.25, 0.3) is 5.91 Å². The lowest BCUT2D eigenvalue weighted by atomic mass is 10.1. The number of nitrogens with one attached hydrogen (secondary N) is 1. The van der Waals surface area contributed by atoms with Crippen molar-refractivity contribution in [2.75, 3.05) is 21.2 Å². The number of benzene rings is 2. The summed E-state index contributed by atoms with van der Waals surface area (Å²) >= 11 is 1.52. The Labute approximate surface area is 175 Å².